The van der Waals surface area contributed by atoms with E-state index in [2.05, 4.69) is 240 Å². The van der Waals surface area contributed by atoms with Crippen LogP contribution in [0.2, 0.25) is 0 Å². The molecule has 0 N–H and O–H groups in total. The lowest BCUT2D eigenvalue weighted by Gasteiger charge is -2.58. The fourth-order valence-corrected chi connectivity index (χ4v) is 14.8. The van der Waals surface area contributed by atoms with Crippen molar-refractivity contribution in [1.29, 1.82) is 0 Å². The Kier molecular flexibility index (Phi) is 8.35. The number of para-hydroxylation sites is 8. The fourth-order valence-electron chi connectivity index (χ4n) is 9.25. The van der Waals surface area contributed by atoms with Gasteiger partial charge in [0.25, 0.3) is 0 Å². The van der Waals surface area contributed by atoms with Crippen molar-refractivity contribution in [3.63, 3.8) is 0 Å². The van der Waals surface area contributed by atoms with Crippen LogP contribution in [0.15, 0.2) is 194 Å². The maximum absolute atomic E-state index is 3.95. The first kappa shape index (κ1) is 34.7. The summed E-state index contributed by atoms with van der Waals surface area (Å²) >= 11 is 0. The molecule has 0 aliphatic carbocycles. The minimum absolute atomic E-state index is 1.16. The fraction of sp³-hybridized carbons (Fsp3) is 0.0769. The number of benzene rings is 8. The van der Waals surface area contributed by atoms with Gasteiger partial charge >= 0.3 is 8.72 Å². The van der Waals surface area contributed by atoms with E-state index in [9.17, 15) is 0 Å². The monoisotopic (exact) mass is 752 g/mol. The Morgan fingerprint density at radius 2 is 0.404 bits per heavy atom. The molecule has 0 fully saturated rings. The highest BCUT2D eigenvalue weighted by atomic mass is 28.4. The zero-order valence-electron chi connectivity index (χ0n) is 32.8. The summed E-state index contributed by atoms with van der Waals surface area (Å²) in [7, 11) is -3.95. The average molecular weight is 753 g/mol. The van der Waals surface area contributed by atoms with Crippen LogP contribution in [0.25, 0.3) is 22.3 Å². The summed E-state index contributed by atoms with van der Waals surface area (Å²) in [5, 5.41) is 0. The van der Waals surface area contributed by atoms with E-state index < -0.39 is 8.72 Å². The third-order valence-corrected chi connectivity index (χ3v) is 16.1. The van der Waals surface area contributed by atoms with Gasteiger partial charge in [-0.25, -0.2) is 0 Å². The van der Waals surface area contributed by atoms with Crippen LogP contribution >= 0.6 is 0 Å². The Balaban J connectivity index is 1.57. The summed E-state index contributed by atoms with van der Waals surface area (Å²) in [4.78, 5) is 0. The largest absolute Gasteiger partial charge is 0.521 e. The summed E-state index contributed by atoms with van der Waals surface area (Å²) in [5.74, 6) is 0. The quantitative estimate of drug-likeness (QED) is 0.166. The van der Waals surface area contributed by atoms with E-state index in [4.69, 9.17) is 0 Å². The number of hydrogen-bond donors (Lipinski definition) is 0. The van der Waals surface area contributed by atoms with Crippen molar-refractivity contribution < 1.29 is 0 Å². The van der Waals surface area contributed by atoms with Crippen molar-refractivity contribution in [2.24, 2.45) is 0 Å². The van der Waals surface area contributed by atoms with Crippen LogP contribution in [0.5, 0.6) is 0 Å². The summed E-state index contributed by atoms with van der Waals surface area (Å²) in [5.41, 5.74) is 18.9. The number of hydrogen-bond acceptors (Lipinski definition) is 4. The van der Waals surface area contributed by atoms with Crippen molar-refractivity contribution in [2.45, 2.75) is 27.7 Å². The molecule has 0 saturated carbocycles. The minimum atomic E-state index is -3.95. The van der Waals surface area contributed by atoms with Gasteiger partial charge in [-0.15, -0.1) is 0 Å². The summed E-state index contributed by atoms with van der Waals surface area (Å²) < 4.78 is 11.1. The molecular formula is C52H44N4Si. The van der Waals surface area contributed by atoms with E-state index in [1.165, 1.54) is 44.5 Å². The lowest BCUT2D eigenvalue weighted by atomic mass is 10.0. The molecule has 8 aromatic rings. The molecule has 4 nitrogen and oxygen atoms in total. The van der Waals surface area contributed by atoms with Gasteiger partial charge in [0.1, 0.15) is 0 Å². The van der Waals surface area contributed by atoms with E-state index in [-0.39, 0.29) is 0 Å². The predicted octanol–water partition coefficient (Wildman–Crippen LogP) is 14.0. The van der Waals surface area contributed by atoms with E-state index in [0.717, 1.165) is 45.5 Å². The molecule has 0 amide bonds. The van der Waals surface area contributed by atoms with Crippen LogP contribution in [0.3, 0.4) is 0 Å². The highest BCUT2D eigenvalue weighted by molar-refractivity contribution is 6.97. The van der Waals surface area contributed by atoms with Gasteiger partial charge in [-0.3, -0.25) is 0 Å². The Hall–Kier alpha value is -6.82. The van der Waals surface area contributed by atoms with Crippen LogP contribution in [-0.4, -0.2) is 8.72 Å². The first-order chi connectivity index (χ1) is 28.0. The standard InChI is InChI=1S/C52H44N4Si/c1-37-21-5-13-29-45(37)53-49-33-17-9-25-41(49)42-26-10-18-34-50(42)54(46-30-14-6-22-38(46)2)57(53)55(47-31-15-7-23-39(47)3)51-35-19-11-27-43(51)44-28-12-20-36-52(44)56(57)48-32-16-8-24-40(48)4/h5-36H,1-4H3. The van der Waals surface area contributed by atoms with Crippen molar-refractivity contribution >= 4 is 54.2 Å². The van der Waals surface area contributed by atoms with Gasteiger partial charge < -0.3 is 18.3 Å². The SMILES string of the molecule is Cc1ccccc1N1c2ccccc2-c2ccccc2N(c2ccccc2C)[Si]12N(c1ccccc1C)c1ccccc1-c1ccccc1N2c1ccccc1C. The van der Waals surface area contributed by atoms with Crippen LogP contribution in [0.1, 0.15) is 22.3 Å². The van der Waals surface area contributed by atoms with E-state index in [1.807, 2.05) is 0 Å². The molecule has 57 heavy (non-hydrogen) atoms. The number of fused-ring (bicyclic) bond motifs is 6. The molecular weight excluding hydrogens is 709 g/mol. The van der Waals surface area contributed by atoms with Gasteiger partial charge in [0.15, 0.2) is 0 Å². The normalized spacial score (nSPS) is 14.0. The second-order valence-corrected chi connectivity index (χ2v) is 18.1. The van der Waals surface area contributed by atoms with Crippen LogP contribution in [0, 0.1) is 27.7 Å². The Bertz CT molecular complexity index is 2420. The lowest BCUT2D eigenvalue weighted by Crippen LogP contribution is -2.81. The number of aryl methyl sites for hydroxylation is 4. The highest BCUT2D eigenvalue weighted by Gasteiger charge is 2.66. The first-order valence-electron chi connectivity index (χ1n) is 19.8. The van der Waals surface area contributed by atoms with Crippen molar-refractivity contribution in [3.8, 4) is 22.3 Å². The zero-order valence-corrected chi connectivity index (χ0v) is 33.8. The molecule has 8 aromatic carbocycles. The topological polar surface area (TPSA) is 13.0 Å². The second kappa shape index (κ2) is 13.7. The molecule has 2 heterocycles. The zero-order chi connectivity index (χ0) is 38.7. The molecule has 0 bridgehead atoms. The number of rotatable bonds is 4. The van der Waals surface area contributed by atoms with Gasteiger partial charge in [0, 0.05) is 67.8 Å². The third-order valence-electron chi connectivity index (χ3n) is 11.8. The van der Waals surface area contributed by atoms with Crippen LogP contribution in [-0.2, 0) is 0 Å². The maximum atomic E-state index is 2.78. The molecule has 10 rings (SSSR count). The molecule has 2 aliphatic rings. The van der Waals surface area contributed by atoms with E-state index in [1.54, 1.807) is 0 Å². The molecule has 0 atom stereocenters. The molecule has 276 valence electrons. The number of nitrogens with zero attached hydrogens (tertiary/aromatic N) is 4. The first-order valence-corrected chi connectivity index (χ1v) is 21.6. The number of anilines is 8. The molecule has 0 saturated heterocycles. The summed E-state index contributed by atoms with van der Waals surface area (Å²) in [6.45, 7) is 9.08. The average Bonchev–Trinajstić information content (AvgIpc) is 3.42. The van der Waals surface area contributed by atoms with Gasteiger partial charge in [-0.2, -0.15) is 0 Å². The third kappa shape index (κ3) is 5.19. The Morgan fingerprint density at radius 3 is 0.614 bits per heavy atom. The van der Waals surface area contributed by atoms with Gasteiger partial charge in [0.2, 0.25) is 0 Å². The van der Waals surface area contributed by atoms with Gasteiger partial charge in [0.05, 0.1) is 0 Å². The van der Waals surface area contributed by atoms with Crippen molar-refractivity contribution in [2.75, 3.05) is 18.3 Å². The smallest absolute Gasteiger partial charge is 0.315 e. The Labute approximate surface area is 337 Å². The lowest BCUT2D eigenvalue weighted by molar-refractivity contribution is 1.08. The van der Waals surface area contributed by atoms with E-state index >= 15 is 0 Å². The summed E-state index contributed by atoms with van der Waals surface area (Å²) in [6, 6.07) is 72.2. The summed E-state index contributed by atoms with van der Waals surface area (Å²) in [6.07, 6.45) is 0. The second-order valence-electron chi connectivity index (χ2n) is 15.2. The van der Waals surface area contributed by atoms with E-state index in [0.29, 0.717) is 0 Å². The minimum Gasteiger partial charge on any atom is -0.315 e. The molecule has 1 spiro atoms. The maximum Gasteiger partial charge on any atom is 0.521 e. The predicted molar refractivity (Wildman–Crippen MR) is 243 cm³/mol. The molecule has 2 aliphatic heterocycles. The van der Waals surface area contributed by atoms with Crippen LogP contribution < -0.4 is 18.3 Å². The molecule has 5 heteroatoms. The van der Waals surface area contributed by atoms with Crippen molar-refractivity contribution in [3.05, 3.63) is 216 Å². The highest BCUT2D eigenvalue weighted by Crippen LogP contribution is 2.60. The van der Waals surface area contributed by atoms with Gasteiger partial charge in [-0.05, 0) is 98.5 Å². The van der Waals surface area contributed by atoms with Crippen molar-refractivity contribution in [1.82, 2.24) is 0 Å². The molecule has 0 aromatic heterocycles. The Morgan fingerprint density at radius 1 is 0.228 bits per heavy atom. The molecule has 0 radical (unpaired) electrons. The van der Waals surface area contributed by atoms with Crippen LogP contribution in [0.4, 0.5) is 45.5 Å². The van der Waals surface area contributed by atoms with Gasteiger partial charge in [-0.1, -0.05) is 146 Å². The molecule has 0 unspecified atom stereocenters.